The molecular formula is C14H19FN2O2. The Labute approximate surface area is 112 Å². The summed E-state index contributed by atoms with van der Waals surface area (Å²) in [6.07, 6.45) is 1.39. The zero-order valence-corrected chi connectivity index (χ0v) is 11.0. The van der Waals surface area contributed by atoms with E-state index in [-0.39, 0.29) is 11.6 Å². The van der Waals surface area contributed by atoms with Crippen molar-refractivity contribution < 1.29 is 13.9 Å². The van der Waals surface area contributed by atoms with Crippen molar-refractivity contribution in [3.8, 4) is 0 Å². The number of ether oxygens (including phenoxy) is 1. The molecule has 0 aromatic heterocycles. The first-order valence-electron chi connectivity index (χ1n) is 6.44. The van der Waals surface area contributed by atoms with Crippen LogP contribution in [0, 0.1) is 11.2 Å². The molecule has 1 aliphatic heterocycles. The van der Waals surface area contributed by atoms with Gasteiger partial charge in [0.05, 0.1) is 17.7 Å². The highest BCUT2D eigenvalue weighted by Crippen LogP contribution is 2.31. The zero-order valence-electron chi connectivity index (χ0n) is 11.0. The lowest BCUT2D eigenvalue weighted by atomic mass is 9.78. The third-order valence-electron chi connectivity index (χ3n) is 3.59. The Kier molecular flexibility index (Phi) is 4.50. The molecule has 1 aromatic rings. The van der Waals surface area contributed by atoms with Gasteiger partial charge in [0.25, 0.3) is 0 Å². The van der Waals surface area contributed by atoms with Crippen LogP contribution in [-0.4, -0.2) is 32.7 Å². The average molecular weight is 266 g/mol. The zero-order chi connectivity index (χ0) is 13.7. The summed E-state index contributed by atoms with van der Waals surface area (Å²) in [5, 5.41) is 5.90. The molecule has 19 heavy (non-hydrogen) atoms. The molecule has 4 nitrogen and oxygen atoms in total. The van der Waals surface area contributed by atoms with Crippen molar-refractivity contribution in [3.63, 3.8) is 0 Å². The summed E-state index contributed by atoms with van der Waals surface area (Å²) in [5.74, 6) is -0.585. The van der Waals surface area contributed by atoms with Crippen molar-refractivity contribution in [2.45, 2.75) is 12.8 Å². The smallest absolute Gasteiger partial charge is 0.233 e. The molecule has 0 aliphatic carbocycles. The number of hydrogen-bond donors (Lipinski definition) is 2. The van der Waals surface area contributed by atoms with Gasteiger partial charge in [-0.2, -0.15) is 0 Å². The molecule has 104 valence electrons. The van der Waals surface area contributed by atoms with Crippen LogP contribution in [-0.2, 0) is 9.53 Å². The summed E-state index contributed by atoms with van der Waals surface area (Å²) in [7, 11) is 1.58. The van der Waals surface area contributed by atoms with E-state index in [1.165, 1.54) is 6.07 Å². The Hall–Kier alpha value is -1.46. The van der Waals surface area contributed by atoms with Gasteiger partial charge in [-0.3, -0.25) is 4.79 Å². The Balaban J connectivity index is 2.14. The number of amides is 1. The first kappa shape index (κ1) is 14.0. The molecule has 5 heteroatoms. The molecule has 1 saturated heterocycles. The van der Waals surface area contributed by atoms with Gasteiger partial charge in [-0.1, -0.05) is 12.1 Å². The second-order valence-corrected chi connectivity index (χ2v) is 4.90. The Bertz CT molecular complexity index is 439. The highest BCUT2D eigenvalue weighted by atomic mass is 19.1. The maximum absolute atomic E-state index is 13.6. The van der Waals surface area contributed by atoms with E-state index < -0.39 is 11.2 Å². The molecular weight excluding hydrogens is 247 g/mol. The number of rotatable bonds is 4. The summed E-state index contributed by atoms with van der Waals surface area (Å²) >= 11 is 0. The monoisotopic (exact) mass is 266 g/mol. The van der Waals surface area contributed by atoms with Crippen molar-refractivity contribution in [1.82, 2.24) is 5.32 Å². The van der Waals surface area contributed by atoms with Gasteiger partial charge in [-0.05, 0) is 38.1 Å². The maximum Gasteiger partial charge on any atom is 0.233 e. The summed E-state index contributed by atoms with van der Waals surface area (Å²) < 4.78 is 18.8. The molecule has 0 bridgehead atoms. The Morgan fingerprint density at radius 1 is 1.42 bits per heavy atom. The average Bonchev–Trinajstić information content (AvgIpc) is 2.42. The molecule has 1 amide bonds. The molecule has 1 heterocycles. The Morgan fingerprint density at radius 3 is 2.74 bits per heavy atom. The van der Waals surface area contributed by atoms with E-state index in [9.17, 15) is 9.18 Å². The third kappa shape index (κ3) is 3.11. The number of para-hydroxylation sites is 1. The molecule has 0 saturated carbocycles. The lowest BCUT2D eigenvalue weighted by Crippen LogP contribution is -2.47. The van der Waals surface area contributed by atoms with Crippen LogP contribution in [0.15, 0.2) is 24.3 Å². The fourth-order valence-corrected chi connectivity index (χ4v) is 2.44. The van der Waals surface area contributed by atoms with Crippen molar-refractivity contribution in [1.29, 1.82) is 0 Å². The first-order chi connectivity index (χ1) is 9.18. The fraction of sp³-hybridized carbons (Fsp3) is 0.500. The predicted molar refractivity (Wildman–Crippen MR) is 71.4 cm³/mol. The van der Waals surface area contributed by atoms with Gasteiger partial charge in [0.2, 0.25) is 5.91 Å². The van der Waals surface area contributed by atoms with E-state index in [1.807, 2.05) is 0 Å². The molecule has 1 aliphatic rings. The number of halogens is 1. The SMILES string of the molecule is COCC1(C(=O)Nc2ccccc2F)CCNCC1. The number of benzene rings is 1. The minimum atomic E-state index is -0.567. The van der Waals surface area contributed by atoms with Crippen LogP contribution in [0.2, 0.25) is 0 Å². The highest BCUT2D eigenvalue weighted by Gasteiger charge is 2.39. The van der Waals surface area contributed by atoms with E-state index in [4.69, 9.17) is 4.74 Å². The maximum atomic E-state index is 13.6. The van der Waals surface area contributed by atoms with Crippen LogP contribution in [0.25, 0.3) is 0 Å². The molecule has 1 fully saturated rings. The molecule has 2 N–H and O–H groups in total. The van der Waals surface area contributed by atoms with Crippen LogP contribution < -0.4 is 10.6 Å². The van der Waals surface area contributed by atoms with Crippen molar-refractivity contribution in [3.05, 3.63) is 30.1 Å². The van der Waals surface area contributed by atoms with E-state index >= 15 is 0 Å². The number of hydrogen-bond acceptors (Lipinski definition) is 3. The number of piperidine rings is 1. The normalized spacial score (nSPS) is 18.0. The van der Waals surface area contributed by atoms with Gasteiger partial charge in [-0.25, -0.2) is 4.39 Å². The summed E-state index contributed by atoms with van der Waals surface area (Å²) in [4.78, 5) is 12.4. The van der Waals surface area contributed by atoms with Gasteiger partial charge < -0.3 is 15.4 Å². The fourth-order valence-electron chi connectivity index (χ4n) is 2.44. The summed E-state index contributed by atoms with van der Waals surface area (Å²) in [6, 6.07) is 6.19. The van der Waals surface area contributed by atoms with Crippen LogP contribution >= 0.6 is 0 Å². The van der Waals surface area contributed by atoms with Gasteiger partial charge in [0, 0.05) is 7.11 Å². The summed E-state index contributed by atoms with van der Waals surface area (Å²) in [6.45, 7) is 1.90. The van der Waals surface area contributed by atoms with Crippen molar-refractivity contribution in [2.75, 3.05) is 32.1 Å². The first-order valence-corrected chi connectivity index (χ1v) is 6.44. The quantitative estimate of drug-likeness (QED) is 0.873. The summed E-state index contributed by atoms with van der Waals surface area (Å²) in [5.41, 5.74) is -0.344. The molecule has 0 atom stereocenters. The number of methoxy groups -OCH3 is 1. The van der Waals surface area contributed by atoms with E-state index in [0.29, 0.717) is 19.4 Å². The second-order valence-electron chi connectivity index (χ2n) is 4.90. The number of anilines is 1. The lowest BCUT2D eigenvalue weighted by molar-refractivity contribution is -0.130. The van der Waals surface area contributed by atoms with Gasteiger partial charge in [-0.15, -0.1) is 0 Å². The molecule has 0 unspecified atom stereocenters. The molecule has 2 rings (SSSR count). The molecule has 1 aromatic carbocycles. The number of nitrogens with one attached hydrogen (secondary N) is 2. The van der Waals surface area contributed by atoms with Crippen molar-refractivity contribution in [2.24, 2.45) is 5.41 Å². The van der Waals surface area contributed by atoms with Gasteiger partial charge >= 0.3 is 0 Å². The number of carbonyl (C=O) groups excluding carboxylic acids is 1. The van der Waals surface area contributed by atoms with Crippen molar-refractivity contribution >= 4 is 11.6 Å². The second kappa shape index (κ2) is 6.12. The van der Waals surface area contributed by atoms with E-state index in [0.717, 1.165) is 13.1 Å². The predicted octanol–water partition coefficient (Wildman–Crippen LogP) is 1.78. The van der Waals surface area contributed by atoms with E-state index in [2.05, 4.69) is 10.6 Å². The largest absolute Gasteiger partial charge is 0.384 e. The van der Waals surface area contributed by atoms with Crippen LogP contribution in [0.1, 0.15) is 12.8 Å². The number of carbonyl (C=O) groups is 1. The molecule has 0 radical (unpaired) electrons. The highest BCUT2D eigenvalue weighted by molar-refractivity contribution is 5.95. The standard InChI is InChI=1S/C14H19FN2O2/c1-19-10-14(6-8-16-9-7-14)13(18)17-12-5-3-2-4-11(12)15/h2-5,16H,6-10H2,1H3,(H,17,18). The van der Waals surface area contributed by atoms with Gasteiger partial charge in [0.1, 0.15) is 5.82 Å². The van der Waals surface area contributed by atoms with Crippen LogP contribution in [0.4, 0.5) is 10.1 Å². The van der Waals surface area contributed by atoms with Crippen LogP contribution in [0.5, 0.6) is 0 Å². The topological polar surface area (TPSA) is 50.4 Å². The Morgan fingerprint density at radius 2 is 2.11 bits per heavy atom. The third-order valence-corrected chi connectivity index (χ3v) is 3.59. The minimum Gasteiger partial charge on any atom is -0.384 e. The van der Waals surface area contributed by atoms with Crippen LogP contribution in [0.3, 0.4) is 0 Å². The minimum absolute atomic E-state index is 0.166. The molecule has 0 spiro atoms. The van der Waals surface area contributed by atoms with Gasteiger partial charge in [0.15, 0.2) is 0 Å². The van der Waals surface area contributed by atoms with E-state index in [1.54, 1.807) is 25.3 Å². The lowest BCUT2D eigenvalue weighted by Gasteiger charge is -2.35.